The van der Waals surface area contributed by atoms with Gasteiger partial charge < -0.3 is 4.90 Å². The first-order valence-electron chi connectivity index (χ1n) is 6.79. The lowest BCUT2D eigenvalue weighted by atomic mass is 10.4. The maximum absolute atomic E-state index is 2.37. The molecule has 1 nitrogen and oxygen atoms in total. The third-order valence-corrected chi connectivity index (χ3v) is 6.46. The number of nitrogens with zero attached hydrogens (tertiary/aromatic N) is 1. The molecule has 2 aromatic rings. The van der Waals surface area contributed by atoms with Gasteiger partial charge in [-0.1, -0.05) is 67.6 Å². The summed E-state index contributed by atoms with van der Waals surface area (Å²) in [6, 6.07) is 21.9. The van der Waals surface area contributed by atoms with Crippen LogP contribution in [0.1, 0.15) is 13.3 Å². The zero-order chi connectivity index (χ0) is 13.7. The lowest BCUT2D eigenvalue weighted by molar-refractivity contribution is 0.372. The highest BCUT2D eigenvalue weighted by molar-refractivity contribution is 7.73. The molecule has 0 aromatic heterocycles. The average Bonchev–Trinajstić information content (AvgIpc) is 2.46. The van der Waals surface area contributed by atoms with Crippen molar-refractivity contribution in [2.45, 2.75) is 19.1 Å². The van der Waals surface area contributed by atoms with Crippen LogP contribution in [0.3, 0.4) is 0 Å². The van der Waals surface area contributed by atoms with E-state index >= 15 is 0 Å². The van der Waals surface area contributed by atoms with Gasteiger partial charge in [0.15, 0.2) is 0 Å². The highest BCUT2D eigenvalue weighted by Crippen LogP contribution is 2.41. The Hall–Kier alpha value is -1.17. The largest absolute Gasteiger partial charge is 0.302 e. The van der Waals surface area contributed by atoms with Crippen molar-refractivity contribution in [3.63, 3.8) is 0 Å². The summed E-state index contributed by atoms with van der Waals surface area (Å²) in [5.74, 6) is 0.583. The Morgan fingerprint density at radius 2 is 1.26 bits per heavy atom. The van der Waals surface area contributed by atoms with E-state index in [0.717, 1.165) is 0 Å². The van der Waals surface area contributed by atoms with E-state index in [1.165, 1.54) is 17.0 Å². The van der Waals surface area contributed by atoms with Crippen molar-refractivity contribution in [2.24, 2.45) is 0 Å². The van der Waals surface area contributed by atoms with Gasteiger partial charge in [0.2, 0.25) is 0 Å². The van der Waals surface area contributed by atoms with Crippen molar-refractivity contribution in [2.75, 3.05) is 14.1 Å². The van der Waals surface area contributed by atoms with E-state index in [0.29, 0.717) is 5.78 Å². The zero-order valence-corrected chi connectivity index (χ0v) is 12.8. The minimum Gasteiger partial charge on any atom is -0.302 e. The van der Waals surface area contributed by atoms with Gasteiger partial charge in [0.05, 0.1) is 0 Å². The predicted octanol–water partition coefficient (Wildman–Crippen LogP) is 3.42. The van der Waals surface area contributed by atoms with Gasteiger partial charge in [-0.15, -0.1) is 0 Å². The molecule has 19 heavy (non-hydrogen) atoms. The fourth-order valence-corrected chi connectivity index (χ4v) is 5.25. The van der Waals surface area contributed by atoms with Crippen LogP contribution in [-0.4, -0.2) is 24.8 Å². The molecular formula is C17H22NP. The standard InChI is InChI=1S/C17H22NP/c1-4-17(18(2)3)19(15-11-7-5-8-12-15)16-13-9-6-10-14-16/h5-14,17H,4H2,1-3H3. The molecule has 0 spiro atoms. The Morgan fingerprint density at radius 1 is 0.842 bits per heavy atom. The van der Waals surface area contributed by atoms with E-state index in [4.69, 9.17) is 0 Å². The second-order valence-electron chi connectivity index (χ2n) is 4.89. The molecule has 0 radical (unpaired) electrons. The van der Waals surface area contributed by atoms with E-state index in [9.17, 15) is 0 Å². The minimum atomic E-state index is -0.328. The van der Waals surface area contributed by atoms with Crippen LogP contribution in [0.2, 0.25) is 0 Å². The molecule has 0 heterocycles. The first-order chi connectivity index (χ1) is 9.24. The first kappa shape index (κ1) is 14.2. The molecule has 0 saturated carbocycles. The highest BCUT2D eigenvalue weighted by Gasteiger charge is 2.24. The van der Waals surface area contributed by atoms with Crippen LogP contribution in [0.4, 0.5) is 0 Å². The lowest BCUT2D eigenvalue weighted by Crippen LogP contribution is -2.32. The number of benzene rings is 2. The van der Waals surface area contributed by atoms with Gasteiger partial charge in [-0.2, -0.15) is 0 Å². The molecule has 0 N–H and O–H groups in total. The monoisotopic (exact) mass is 271 g/mol. The molecule has 0 saturated heterocycles. The van der Waals surface area contributed by atoms with Gasteiger partial charge in [0.1, 0.15) is 0 Å². The normalized spacial score (nSPS) is 12.9. The van der Waals surface area contributed by atoms with Gasteiger partial charge in [-0.05, 0) is 39.0 Å². The minimum absolute atomic E-state index is 0.328. The van der Waals surface area contributed by atoms with Gasteiger partial charge in [-0.3, -0.25) is 0 Å². The fourth-order valence-electron chi connectivity index (χ4n) is 2.45. The lowest BCUT2D eigenvalue weighted by Gasteiger charge is -2.32. The number of hydrogen-bond acceptors (Lipinski definition) is 1. The summed E-state index contributed by atoms with van der Waals surface area (Å²) in [5, 5.41) is 2.92. The van der Waals surface area contributed by atoms with Gasteiger partial charge in [0, 0.05) is 5.78 Å². The van der Waals surface area contributed by atoms with Gasteiger partial charge in [-0.25, -0.2) is 0 Å². The number of hydrogen-bond donors (Lipinski definition) is 0. The quantitative estimate of drug-likeness (QED) is 0.753. The Bertz CT molecular complexity index is 442. The van der Waals surface area contributed by atoms with Crippen LogP contribution in [0.15, 0.2) is 60.7 Å². The summed E-state index contributed by atoms with van der Waals surface area (Å²) >= 11 is 0. The molecule has 0 amide bonds. The van der Waals surface area contributed by atoms with Crippen LogP contribution >= 0.6 is 7.92 Å². The molecule has 0 fully saturated rings. The average molecular weight is 271 g/mol. The third kappa shape index (κ3) is 3.43. The smallest absolute Gasteiger partial charge is 0.0369 e. The molecule has 2 rings (SSSR count). The van der Waals surface area contributed by atoms with Crippen molar-refractivity contribution in [3.05, 3.63) is 60.7 Å². The molecule has 1 atom stereocenters. The van der Waals surface area contributed by atoms with Crippen LogP contribution in [0.5, 0.6) is 0 Å². The summed E-state index contributed by atoms with van der Waals surface area (Å²) < 4.78 is 0. The second-order valence-corrected chi connectivity index (χ2v) is 7.26. The van der Waals surface area contributed by atoms with E-state index in [1.807, 2.05) is 0 Å². The Kier molecular flexibility index (Phi) is 5.13. The molecule has 100 valence electrons. The molecular weight excluding hydrogens is 249 g/mol. The fraction of sp³-hybridized carbons (Fsp3) is 0.294. The summed E-state index contributed by atoms with van der Waals surface area (Å²) in [5.41, 5.74) is 0. The maximum Gasteiger partial charge on any atom is 0.0369 e. The van der Waals surface area contributed by atoms with Gasteiger partial charge >= 0.3 is 0 Å². The van der Waals surface area contributed by atoms with Crippen molar-refractivity contribution in [1.82, 2.24) is 4.90 Å². The van der Waals surface area contributed by atoms with Crippen LogP contribution < -0.4 is 10.6 Å². The summed E-state index contributed by atoms with van der Waals surface area (Å²) in [7, 11) is 4.05. The topological polar surface area (TPSA) is 3.24 Å². The molecule has 0 aliphatic rings. The second kappa shape index (κ2) is 6.84. The van der Waals surface area contributed by atoms with Crippen LogP contribution in [0.25, 0.3) is 0 Å². The molecule has 1 unspecified atom stereocenters. The van der Waals surface area contributed by atoms with Crippen LogP contribution in [-0.2, 0) is 0 Å². The SMILES string of the molecule is CCC(N(C)C)P(c1ccccc1)c1ccccc1. The van der Waals surface area contributed by atoms with Crippen molar-refractivity contribution < 1.29 is 0 Å². The Morgan fingerprint density at radius 3 is 1.58 bits per heavy atom. The van der Waals surface area contributed by atoms with Crippen molar-refractivity contribution in [1.29, 1.82) is 0 Å². The van der Waals surface area contributed by atoms with E-state index < -0.39 is 0 Å². The first-order valence-corrected chi connectivity index (χ1v) is 8.21. The van der Waals surface area contributed by atoms with Crippen molar-refractivity contribution in [3.8, 4) is 0 Å². The highest BCUT2D eigenvalue weighted by atomic mass is 31.1. The van der Waals surface area contributed by atoms with E-state index in [2.05, 4.69) is 86.6 Å². The van der Waals surface area contributed by atoms with Gasteiger partial charge in [0.25, 0.3) is 0 Å². The molecule has 2 heteroatoms. The third-order valence-electron chi connectivity index (χ3n) is 3.33. The Labute approximate surface area is 118 Å². The Balaban J connectivity index is 2.45. The number of rotatable bonds is 5. The van der Waals surface area contributed by atoms with E-state index in [1.54, 1.807) is 0 Å². The summed E-state index contributed by atoms with van der Waals surface area (Å²) in [4.78, 5) is 2.37. The maximum atomic E-state index is 2.37. The zero-order valence-electron chi connectivity index (χ0n) is 12.0. The predicted molar refractivity (Wildman–Crippen MR) is 86.8 cm³/mol. The van der Waals surface area contributed by atoms with Crippen molar-refractivity contribution >= 4 is 18.5 Å². The molecule has 0 aliphatic heterocycles. The summed E-state index contributed by atoms with van der Waals surface area (Å²) in [6.45, 7) is 2.28. The summed E-state index contributed by atoms with van der Waals surface area (Å²) in [6.07, 6.45) is 1.17. The molecule has 0 bridgehead atoms. The molecule has 2 aromatic carbocycles. The van der Waals surface area contributed by atoms with E-state index in [-0.39, 0.29) is 7.92 Å². The molecule has 0 aliphatic carbocycles. The van der Waals surface area contributed by atoms with Crippen LogP contribution in [0, 0.1) is 0 Å².